The average molecular weight is 548 g/mol. The second kappa shape index (κ2) is 31.1. The minimum atomic E-state index is -0.836. The summed E-state index contributed by atoms with van der Waals surface area (Å²) in [5, 5.41) is 22.7. The molecule has 2 unspecified atom stereocenters. The molecule has 0 saturated heterocycles. The lowest BCUT2D eigenvalue weighted by Gasteiger charge is -2.20. The molecule has 0 radical (unpaired) electrons. The van der Waals surface area contributed by atoms with Gasteiger partial charge in [0.2, 0.25) is 5.91 Å². The Morgan fingerprint density at radius 1 is 0.615 bits per heavy atom. The standard InChI is InChI=1S/C35H65NO3/c1-3-5-7-9-11-13-14-15-16-17-18-19-20-21-22-23-25-27-29-31-35(39)36-33(32-37)34(38)30-28-26-24-12-10-8-6-4-2/h11,13,15-16,28,30,33-34,37-38H,3-10,12,14,17-27,29,31-32H2,1-2H3,(H,36,39)/b13-11-,16-15-,30-28+. The molecule has 0 aromatic heterocycles. The minimum absolute atomic E-state index is 0.0746. The number of unbranched alkanes of at least 4 members (excludes halogenated alkanes) is 18. The Bertz CT molecular complexity index is 599. The molecular formula is C35H65NO3. The van der Waals surface area contributed by atoms with Crippen molar-refractivity contribution in [2.45, 2.75) is 174 Å². The first kappa shape index (κ1) is 37.6. The fourth-order valence-corrected chi connectivity index (χ4v) is 4.73. The van der Waals surface area contributed by atoms with Crippen LogP contribution in [0.4, 0.5) is 0 Å². The van der Waals surface area contributed by atoms with E-state index in [-0.39, 0.29) is 12.5 Å². The summed E-state index contributed by atoms with van der Waals surface area (Å²) < 4.78 is 0. The molecule has 0 aromatic carbocycles. The number of carbonyl (C=O) groups is 1. The fourth-order valence-electron chi connectivity index (χ4n) is 4.73. The predicted molar refractivity (Wildman–Crippen MR) is 170 cm³/mol. The Morgan fingerprint density at radius 3 is 1.59 bits per heavy atom. The summed E-state index contributed by atoms with van der Waals surface area (Å²) in [6.45, 7) is 4.22. The van der Waals surface area contributed by atoms with Crippen molar-refractivity contribution >= 4 is 5.91 Å². The molecule has 0 spiro atoms. The number of nitrogens with one attached hydrogen (secondary N) is 1. The van der Waals surface area contributed by atoms with E-state index in [1.54, 1.807) is 6.08 Å². The Kier molecular flexibility index (Phi) is 30.0. The largest absolute Gasteiger partial charge is 0.394 e. The first-order chi connectivity index (χ1) is 19.2. The number of aliphatic hydroxyl groups excluding tert-OH is 2. The summed E-state index contributed by atoms with van der Waals surface area (Å²) in [7, 11) is 0. The summed E-state index contributed by atoms with van der Waals surface area (Å²) in [5.41, 5.74) is 0. The van der Waals surface area contributed by atoms with Gasteiger partial charge in [0.05, 0.1) is 18.8 Å². The van der Waals surface area contributed by atoms with Crippen molar-refractivity contribution in [3.05, 3.63) is 36.5 Å². The van der Waals surface area contributed by atoms with Crippen LogP contribution in [0.3, 0.4) is 0 Å². The number of amides is 1. The highest BCUT2D eigenvalue weighted by atomic mass is 16.3. The lowest BCUT2D eigenvalue weighted by Crippen LogP contribution is -2.45. The van der Waals surface area contributed by atoms with Crippen LogP contribution in [0.1, 0.15) is 162 Å². The lowest BCUT2D eigenvalue weighted by atomic mass is 10.0. The Morgan fingerprint density at radius 2 is 1.05 bits per heavy atom. The minimum Gasteiger partial charge on any atom is -0.394 e. The highest BCUT2D eigenvalue weighted by molar-refractivity contribution is 5.76. The van der Waals surface area contributed by atoms with Crippen molar-refractivity contribution in [2.75, 3.05) is 6.61 Å². The van der Waals surface area contributed by atoms with E-state index in [0.29, 0.717) is 6.42 Å². The zero-order valence-corrected chi connectivity index (χ0v) is 25.9. The maximum atomic E-state index is 12.2. The van der Waals surface area contributed by atoms with E-state index in [1.807, 2.05) is 6.08 Å². The highest BCUT2D eigenvalue weighted by Gasteiger charge is 2.17. The first-order valence-electron chi connectivity index (χ1n) is 16.7. The highest BCUT2D eigenvalue weighted by Crippen LogP contribution is 2.12. The maximum absolute atomic E-state index is 12.2. The third-order valence-electron chi connectivity index (χ3n) is 7.37. The molecule has 3 N–H and O–H groups in total. The number of allylic oxidation sites excluding steroid dienone is 5. The average Bonchev–Trinajstić information content (AvgIpc) is 2.94. The van der Waals surface area contributed by atoms with E-state index < -0.39 is 12.1 Å². The molecule has 0 saturated carbocycles. The van der Waals surface area contributed by atoms with Crippen molar-refractivity contribution in [1.82, 2.24) is 5.32 Å². The van der Waals surface area contributed by atoms with Crippen molar-refractivity contribution in [3.63, 3.8) is 0 Å². The van der Waals surface area contributed by atoms with E-state index in [2.05, 4.69) is 43.5 Å². The molecule has 228 valence electrons. The van der Waals surface area contributed by atoms with Crippen LogP contribution in [0.15, 0.2) is 36.5 Å². The molecule has 0 aliphatic carbocycles. The molecule has 0 aliphatic rings. The van der Waals surface area contributed by atoms with E-state index in [1.165, 1.54) is 109 Å². The molecule has 0 bridgehead atoms. The zero-order valence-electron chi connectivity index (χ0n) is 25.9. The third-order valence-corrected chi connectivity index (χ3v) is 7.37. The van der Waals surface area contributed by atoms with Gasteiger partial charge in [0.25, 0.3) is 0 Å². The van der Waals surface area contributed by atoms with Crippen LogP contribution in [0.5, 0.6) is 0 Å². The normalized spacial score (nSPS) is 13.6. The van der Waals surface area contributed by atoms with Gasteiger partial charge in [-0.25, -0.2) is 0 Å². The molecular weight excluding hydrogens is 482 g/mol. The van der Waals surface area contributed by atoms with Gasteiger partial charge in [-0.15, -0.1) is 0 Å². The lowest BCUT2D eigenvalue weighted by molar-refractivity contribution is -0.123. The second-order valence-corrected chi connectivity index (χ2v) is 11.2. The molecule has 0 fully saturated rings. The first-order valence-corrected chi connectivity index (χ1v) is 16.7. The smallest absolute Gasteiger partial charge is 0.220 e. The van der Waals surface area contributed by atoms with Crippen LogP contribution < -0.4 is 5.32 Å². The molecule has 0 heterocycles. The second-order valence-electron chi connectivity index (χ2n) is 11.2. The molecule has 1 amide bonds. The summed E-state index contributed by atoms with van der Waals surface area (Å²) in [6, 6.07) is -0.619. The van der Waals surface area contributed by atoms with Gasteiger partial charge in [-0.05, 0) is 51.4 Å². The zero-order chi connectivity index (χ0) is 28.7. The van der Waals surface area contributed by atoms with Crippen LogP contribution in [-0.4, -0.2) is 34.9 Å². The maximum Gasteiger partial charge on any atom is 0.220 e. The van der Waals surface area contributed by atoms with Gasteiger partial charge in [-0.1, -0.05) is 140 Å². The Labute approximate surface area is 242 Å². The number of rotatable bonds is 29. The summed E-state index contributed by atoms with van der Waals surface area (Å²) >= 11 is 0. The monoisotopic (exact) mass is 547 g/mol. The molecule has 0 aliphatic heterocycles. The van der Waals surface area contributed by atoms with Gasteiger partial charge >= 0.3 is 0 Å². The molecule has 4 nitrogen and oxygen atoms in total. The third kappa shape index (κ3) is 28.0. The van der Waals surface area contributed by atoms with E-state index >= 15 is 0 Å². The molecule has 2 atom stereocenters. The van der Waals surface area contributed by atoms with Crippen LogP contribution in [0.2, 0.25) is 0 Å². The van der Waals surface area contributed by atoms with E-state index in [9.17, 15) is 15.0 Å². The summed E-state index contributed by atoms with van der Waals surface area (Å²) in [4.78, 5) is 12.2. The quantitative estimate of drug-likeness (QED) is 0.0645. The topological polar surface area (TPSA) is 69.6 Å². The predicted octanol–water partition coefficient (Wildman–Crippen LogP) is 9.51. The van der Waals surface area contributed by atoms with E-state index in [0.717, 1.165) is 32.1 Å². The SMILES string of the molecule is CCCCC/C=C\C/C=C\CCCCCCCCCCCC(=O)NC(CO)C(O)/C=C/CCCCCCCC. The van der Waals surface area contributed by atoms with Gasteiger partial charge in [0.15, 0.2) is 0 Å². The molecule has 0 rings (SSSR count). The van der Waals surface area contributed by atoms with Gasteiger partial charge in [-0.2, -0.15) is 0 Å². The molecule has 39 heavy (non-hydrogen) atoms. The van der Waals surface area contributed by atoms with Crippen LogP contribution in [-0.2, 0) is 4.79 Å². The van der Waals surface area contributed by atoms with Gasteiger partial charge in [-0.3, -0.25) is 4.79 Å². The van der Waals surface area contributed by atoms with Crippen molar-refractivity contribution in [2.24, 2.45) is 0 Å². The van der Waals surface area contributed by atoms with Crippen molar-refractivity contribution in [3.8, 4) is 0 Å². The summed E-state index contributed by atoms with van der Waals surface area (Å²) in [6.07, 6.45) is 39.4. The van der Waals surface area contributed by atoms with Crippen LogP contribution >= 0.6 is 0 Å². The van der Waals surface area contributed by atoms with Gasteiger partial charge in [0.1, 0.15) is 0 Å². The number of aliphatic hydroxyl groups is 2. The van der Waals surface area contributed by atoms with Gasteiger partial charge < -0.3 is 15.5 Å². The Hall–Kier alpha value is -1.39. The fraction of sp³-hybridized carbons (Fsp3) is 0.800. The summed E-state index contributed by atoms with van der Waals surface area (Å²) in [5.74, 6) is -0.0746. The number of hydrogen-bond acceptors (Lipinski definition) is 3. The molecule has 0 aromatic rings. The van der Waals surface area contributed by atoms with Gasteiger partial charge in [0, 0.05) is 6.42 Å². The van der Waals surface area contributed by atoms with Crippen molar-refractivity contribution in [1.29, 1.82) is 0 Å². The number of carbonyl (C=O) groups excluding carboxylic acids is 1. The molecule has 4 heteroatoms. The Balaban J connectivity index is 3.60. The van der Waals surface area contributed by atoms with E-state index in [4.69, 9.17) is 0 Å². The van der Waals surface area contributed by atoms with Crippen LogP contribution in [0, 0.1) is 0 Å². The van der Waals surface area contributed by atoms with Crippen LogP contribution in [0.25, 0.3) is 0 Å². The number of hydrogen-bond donors (Lipinski definition) is 3. The van der Waals surface area contributed by atoms with Crippen molar-refractivity contribution < 1.29 is 15.0 Å².